The Balaban J connectivity index is 1.75. The zero-order chi connectivity index (χ0) is 16.9. The van der Waals surface area contributed by atoms with Gasteiger partial charge in [-0.1, -0.05) is 30.3 Å². The Bertz CT molecular complexity index is 830. The molecular weight excluding hydrogens is 304 g/mol. The van der Waals surface area contributed by atoms with Crippen molar-refractivity contribution in [3.05, 3.63) is 59.2 Å². The number of allylic oxidation sites excluding steroid dienone is 3. The molecule has 1 heterocycles. The van der Waals surface area contributed by atoms with Crippen molar-refractivity contribution in [3.8, 4) is 17.3 Å². The number of hydrogen-bond donors (Lipinski definition) is 1. The minimum absolute atomic E-state index is 0.327. The summed E-state index contributed by atoms with van der Waals surface area (Å²) in [4.78, 5) is 0. The fourth-order valence-corrected chi connectivity index (χ4v) is 2.56. The molecule has 1 aliphatic rings. The highest BCUT2D eigenvalue weighted by Crippen LogP contribution is 2.26. The van der Waals surface area contributed by atoms with Gasteiger partial charge in [0.2, 0.25) is 0 Å². The molecule has 0 saturated carbocycles. The van der Waals surface area contributed by atoms with Gasteiger partial charge in [0.15, 0.2) is 5.69 Å². The second-order valence-corrected chi connectivity index (χ2v) is 5.63. The van der Waals surface area contributed by atoms with E-state index < -0.39 is 0 Å². The number of aromatic amines is 1. The van der Waals surface area contributed by atoms with Crippen molar-refractivity contribution in [1.29, 1.82) is 5.26 Å². The molecule has 1 atom stereocenters. The standard InChI is InChI=1S/C18H18N4O2/c1-12-6-7-15(23-2)9-17(12)24-11-13-4-3-5-14(8-13)18-16(10-19)20-22-21-18/h3-5,7-9,12H,6,11H2,1-2H3,(H,20,21,22). The fraction of sp³-hybridized carbons (Fsp3) is 0.278. The lowest BCUT2D eigenvalue weighted by Gasteiger charge is -2.20. The van der Waals surface area contributed by atoms with Crippen LogP contribution in [0.4, 0.5) is 0 Å². The summed E-state index contributed by atoms with van der Waals surface area (Å²) in [5.74, 6) is 2.07. The number of benzene rings is 1. The van der Waals surface area contributed by atoms with Crippen LogP contribution in [0.5, 0.6) is 0 Å². The van der Waals surface area contributed by atoms with Crippen LogP contribution in [0.3, 0.4) is 0 Å². The Morgan fingerprint density at radius 3 is 3.08 bits per heavy atom. The monoisotopic (exact) mass is 322 g/mol. The molecule has 6 heteroatoms. The van der Waals surface area contributed by atoms with Crippen LogP contribution in [0.1, 0.15) is 24.6 Å². The van der Waals surface area contributed by atoms with Gasteiger partial charge in [0.1, 0.15) is 29.9 Å². The van der Waals surface area contributed by atoms with E-state index in [1.54, 1.807) is 7.11 Å². The smallest absolute Gasteiger partial charge is 0.163 e. The molecular formula is C18H18N4O2. The van der Waals surface area contributed by atoms with Crippen LogP contribution in [-0.2, 0) is 16.1 Å². The Hall–Kier alpha value is -3.07. The molecule has 24 heavy (non-hydrogen) atoms. The minimum Gasteiger partial charge on any atom is -0.497 e. The average molecular weight is 322 g/mol. The first kappa shape index (κ1) is 15.8. The number of hydrogen-bond acceptors (Lipinski definition) is 5. The van der Waals surface area contributed by atoms with E-state index in [9.17, 15) is 0 Å². The van der Waals surface area contributed by atoms with Crippen molar-refractivity contribution in [2.75, 3.05) is 7.11 Å². The summed E-state index contributed by atoms with van der Waals surface area (Å²) in [5, 5.41) is 19.3. The lowest BCUT2D eigenvalue weighted by molar-refractivity contribution is 0.162. The van der Waals surface area contributed by atoms with Crippen LogP contribution >= 0.6 is 0 Å². The molecule has 0 saturated heterocycles. The van der Waals surface area contributed by atoms with Crippen molar-refractivity contribution in [3.63, 3.8) is 0 Å². The first-order valence-electron chi connectivity index (χ1n) is 7.70. The van der Waals surface area contributed by atoms with E-state index in [-0.39, 0.29) is 0 Å². The maximum absolute atomic E-state index is 9.08. The minimum atomic E-state index is 0.327. The van der Waals surface area contributed by atoms with Crippen LogP contribution in [-0.4, -0.2) is 22.5 Å². The molecule has 1 aromatic heterocycles. The van der Waals surface area contributed by atoms with Gasteiger partial charge in [-0.25, -0.2) is 5.10 Å². The molecule has 3 rings (SSSR count). The second-order valence-electron chi connectivity index (χ2n) is 5.63. The van der Waals surface area contributed by atoms with E-state index in [1.807, 2.05) is 30.3 Å². The summed E-state index contributed by atoms with van der Waals surface area (Å²) < 4.78 is 11.2. The van der Waals surface area contributed by atoms with E-state index in [1.165, 1.54) is 0 Å². The number of methoxy groups -OCH3 is 1. The molecule has 0 bridgehead atoms. The highest BCUT2D eigenvalue weighted by Gasteiger charge is 2.16. The third-order valence-corrected chi connectivity index (χ3v) is 3.94. The normalized spacial score (nSPS) is 16.8. The molecule has 0 spiro atoms. The van der Waals surface area contributed by atoms with Crippen LogP contribution in [0.15, 0.2) is 47.9 Å². The summed E-state index contributed by atoms with van der Waals surface area (Å²) in [6, 6.07) is 9.81. The van der Waals surface area contributed by atoms with E-state index in [0.29, 0.717) is 23.9 Å². The summed E-state index contributed by atoms with van der Waals surface area (Å²) in [6.07, 6.45) is 4.90. The van der Waals surface area contributed by atoms with Crippen molar-refractivity contribution < 1.29 is 9.47 Å². The van der Waals surface area contributed by atoms with Crippen LogP contribution in [0, 0.1) is 17.2 Å². The number of H-pyrrole nitrogens is 1. The van der Waals surface area contributed by atoms with E-state index in [0.717, 1.165) is 29.1 Å². The van der Waals surface area contributed by atoms with Crippen molar-refractivity contribution in [2.45, 2.75) is 20.0 Å². The topological polar surface area (TPSA) is 83.8 Å². The maximum Gasteiger partial charge on any atom is 0.163 e. The number of rotatable bonds is 5. The highest BCUT2D eigenvalue weighted by molar-refractivity contribution is 5.64. The highest BCUT2D eigenvalue weighted by atomic mass is 16.5. The summed E-state index contributed by atoms with van der Waals surface area (Å²) >= 11 is 0. The van der Waals surface area contributed by atoms with E-state index in [2.05, 4.69) is 34.5 Å². The van der Waals surface area contributed by atoms with Gasteiger partial charge in [0, 0.05) is 17.6 Å². The summed E-state index contributed by atoms with van der Waals surface area (Å²) in [7, 11) is 1.66. The number of nitrogens with zero attached hydrogens (tertiary/aromatic N) is 3. The zero-order valence-electron chi connectivity index (χ0n) is 13.6. The Morgan fingerprint density at radius 1 is 1.42 bits per heavy atom. The molecule has 1 N–H and O–H groups in total. The Labute approximate surface area is 140 Å². The van der Waals surface area contributed by atoms with Crippen molar-refractivity contribution in [2.24, 2.45) is 5.92 Å². The number of nitriles is 1. The third kappa shape index (κ3) is 3.30. The van der Waals surface area contributed by atoms with Gasteiger partial charge in [0.05, 0.1) is 7.11 Å². The summed E-state index contributed by atoms with van der Waals surface area (Å²) in [6.45, 7) is 2.57. The van der Waals surface area contributed by atoms with Crippen molar-refractivity contribution in [1.82, 2.24) is 15.4 Å². The average Bonchev–Trinajstić information content (AvgIpc) is 3.10. The number of aromatic nitrogens is 3. The van der Waals surface area contributed by atoms with Gasteiger partial charge in [0.25, 0.3) is 0 Å². The quantitative estimate of drug-likeness (QED) is 0.913. The maximum atomic E-state index is 9.08. The first-order chi connectivity index (χ1) is 11.7. The number of nitrogens with one attached hydrogen (secondary N) is 1. The molecule has 1 unspecified atom stereocenters. The third-order valence-electron chi connectivity index (χ3n) is 3.94. The predicted molar refractivity (Wildman–Crippen MR) is 88.3 cm³/mol. The molecule has 122 valence electrons. The molecule has 0 aliphatic heterocycles. The molecule has 0 amide bonds. The second kappa shape index (κ2) is 7.01. The van der Waals surface area contributed by atoms with Gasteiger partial charge < -0.3 is 9.47 Å². The van der Waals surface area contributed by atoms with E-state index in [4.69, 9.17) is 14.7 Å². The van der Waals surface area contributed by atoms with Gasteiger partial charge in [-0.15, -0.1) is 5.10 Å². The first-order valence-corrected chi connectivity index (χ1v) is 7.70. The van der Waals surface area contributed by atoms with Gasteiger partial charge in [-0.05, 0) is 24.1 Å². The predicted octanol–water partition coefficient (Wildman–Crippen LogP) is 3.31. The lowest BCUT2D eigenvalue weighted by Crippen LogP contribution is -2.08. The van der Waals surface area contributed by atoms with Gasteiger partial charge in [-0.3, -0.25) is 0 Å². The van der Waals surface area contributed by atoms with E-state index >= 15 is 0 Å². The molecule has 0 fully saturated rings. The molecule has 6 nitrogen and oxygen atoms in total. The van der Waals surface area contributed by atoms with Crippen LogP contribution < -0.4 is 0 Å². The zero-order valence-corrected chi connectivity index (χ0v) is 13.6. The molecule has 2 aromatic rings. The molecule has 0 radical (unpaired) electrons. The van der Waals surface area contributed by atoms with Crippen molar-refractivity contribution >= 4 is 0 Å². The Kier molecular flexibility index (Phi) is 4.62. The number of ether oxygens (including phenoxy) is 2. The molecule has 1 aliphatic carbocycles. The Morgan fingerprint density at radius 2 is 2.29 bits per heavy atom. The lowest BCUT2D eigenvalue weighted by atomic mass is 10.00. The molecule has 1 aromatic carbocycles. The largest absolute Gasteiger partial charge is 0.497 e. The van der Waals surface area contributed by atoms with Gasteiger partial charge >= 0.3 is 0 Å². The van der Waals surface area contributed by atoms with Crippen LogP contribution in [0.2, 0.25) is 0 Å². The van der Waals surface area contributed by atoms with Gasteiger partial charge in [-0.2, -0.15) is 5.26 Å². The SMILES string of the molecule is COC1=CCC(C)C(OCc2cccc(-c3nn[nH]c3C#N)c2)=C1. The fourth-order valence-electron chi connectivity index (χ4n) is 2.56. The summed E-state index contributed by atoms with van der Waals surface area (Å²) in [5.41, 5.74) is 2.74. The van der Waals surface area contributed by atoms with Crippen LogP contribution in [0.25, 0.3) is 11.3 Å².